The van der Waals surface area contributed by atoms with E-state index in [0.29, 0.717) is 12.0 Å². The van der Waals surface area contributed by atoms with Gasteiger partial charge in [0.2, 0.25) is 0 Å². The van der Waals surface area contributed by atoms with Crippen molar-refractivity contribution in [2.75, 3.05) is 6.54 Å². The third-order valence-corrected chi connectivity index (χ3v) is 5.91. The summed E-state index contributed by atoms with van der Waals surface area (Å²) in [5.74, 6) is 0.475. The van der Waals surface area contributed by atoms with E-state index in [2.05, 4.69) is 86.7 Å². The molecule has 1 heterocycles. The first-order valence-corrected chi connectivity index (χ1v) is 9.24. The lowest BCUT2D eigenvalue weighted by Gasteiger charge is -2.20. The van der Waals surface area contributed by atoms with Crippen LogP contribution in [0.3, 0.4) is 0 Å². The van der Waals surface area contributed by atoms with Gasteiger partial charge in [-0.2, -0.15) is 0 Å². The molecular weight excluding hydrogens is 398 g/mol. The summed E-state index contributed by atoms with van der Waals surface area (Å²) >= 11 is 9.16. The largest absolute Gasteiger partial charge is 0.314 e. The highest BCUT2D eigenvalue weighted by Crippen LogP contribution is 2.32. The van der Waals surface area contributed by atoms with Crippen molar-refractivity contribution in [3.8, 4) is 0 Å². The van der Waals surface area contributed by atoms with Crippen molar-refractivity contribution in [3.63, 3.8) is 0 Å². The molecule has 0 bridgehead atoms. The standard InChI is InChI=1S/C16H19Br2NS/c1-11(2)19-10-12(9-16-15(18)7-8-20-16)13-5-3-4-6-14(13)17/h3-8,11-12,19H,9-10H2,1-2H3. The summed E-state index contributed by atoms with van der Waals surface area (Å²) in [6.45, 7) is 5.38. The topological polar surface area (TPSA) is 12.0 Å². The Morgan fingerprint density at radius 2 is 1.85 bits per heavy atom. The molecule has 0 fully saturated rings. The molecule has 0 aliphatic heterocycles. The average Bonchev–Trinajstić information content (AvgIpc) is 2.81. The molecule has 1 N–H and O–H groups in total. The SMILES string of the molecule is CC(C)NCC(Cc1sccc1Br)c1ccccc1Br. The first kappa shape index (κ1) is 16.2. The molecule has 1 nitrogen and oxygen atoms in total. The molecule has 0 saturated heterocycles. The number of benzene rings is 1. The molecular formula is C16H19Br2NS. The van der Waals surface area contributed by atoms with E-state index < -0.39 is 0 Å². The molecule has 4 heteroatoms. The fourth-order valence-electron chi connectivity index (χ4n) is 2.17. The second kappa shape index (κ2) is 7.74. The molecule has 1 atom stereocenters. The van der Waals surface area contributed by atoms with Gasteiger partial charge in [-0.15, -0.1) is 11.3 Å². The van der Waals surface area contributed by atoms with Gasteiger partial charge in [0.15, 0.2) is 0 Å². The first-order chi connectivity index (χ1) is 9.58. The number of nitrogens with one attached hydrogen (secondary N) is 1. The summed E-state index contributed by atoms with van der Waals surface area (Å²) in [5, 5.41) is 5.72. The smallest absolute Gasteiger partial charge is 0.0314 e. The van der Waals surface area contributed by atoms with Crippen LogP contribution in [0.5, 0.6) is 0 Å². The van der Waals surface area contributed by atoms with Crippen molar-refractivity contribution >= 4 is 43.2 Å². The minimum Gasteiger partial charge on any atom is -0.314 e. The third-order valence-electron chi connectivity index (χ3n) is 3.24. The zero-order valence-electron chi connectivity index (χ0n) is 11.7. The summed E-state index contributed by atoms with van der Waals surface area (Å²) in [5.41, 5.74) is 1.38. The Bertz CT molecular complexity index is 551. The van der Waals surface area contributed by atoms with E-state index in [1.807, 2.05) is 11.3 Å². The Kier molecular flexibility index (Phi) is 6.27. The molecule has 20 heavy (non-hydrogen) atoms. The highest BCUT2D eigenvalue weighted by Gasteiger charge is 2.17. The molecule has 0 spiro atoms. The molecule has 0 aliphatic carbocycles. The summed E-state index contributed by atoms with van der Waals surface area (Å²) in [6, 6.07) is 11.2. The van der Waals surface area contributed by atoms with Crippen LogP contribution in [0.2, 0.25) is 0 Å². The molecule has 0 aliphatic rings. The lowest BCUT2D eigenvalue weighted by molar-refractivity contribution is 0.527. The maximum atomic E-state index is 3.69. The molecule has 108 valence electrons. The molecule has 0 saturated carbocycles. The molecule has 2 rings (SSSR count). The zero-order chi connectivity index (χ0) is 14.5. The summed E-state index contributed by atoms with van der Waals surface area (Å²) < 4.78 is 2.42. The fraction of sp³-hybridized carbons (Fsp3) is 0.375. The van der Waals surface area contributed by atoms with Crippen molar-refractivity contribution in [2.24, 2.45) is 0 Å². The Hall–Kier alpha value is -0.160. The van der Waals surface area contributed by atoms with Crippen molar-refractivity contribution in [3.05, 3.63) is 55.1 Å². The van der Waals surface area contributed by atoms with Gasteiger partial charge in [0, 0.05) is 32.3 Å². The second-order valence-electron chi connectivity index (χ2n) is 5.18. The number of hydrogen-bond acceptors (Lipinski definition) is 2. The van der Waals surface area contributed by atoms with Crippen molar-refractivity contribution in [2.45, 2.75) is 32.2 Å². The van der Waals surface area contributed by atoms with Crippen molar-refractivity contribution in [1.82, 2.24) is 5.32 Å². The highest BCUT2D eigenvalue weighted by atomic mass is 79.9. The highest BCUT2D eigenvalue weighted by molar-refractivity contribution is 9.10. The van der Waals surface area contributed by atoms with Gasteiger partial charge in [-0.25, -0.2) is 0 Å². The quantitative estimate of drug-likeness (QED) is 0.646. The van der Waals surface area contributed by atoms with Crippen LogP contribution in [0.1, 0.15) is 30.2 Å². The Morgan fingerprint density at radius 1 is 1.10 bits per heavy atom. The van der Waals surface area contributed by atoms with E-state index in [-0.39, 0.29) is 0 Å². The molecule has 1 aromatic heterocycles. The van der Waals surface area contributed by atoms with Crippen LogP contribution < -0.4 is 5.32 Å². The van der Waals surface area contributed by atoms with Gasteiger partial charge in [0.25, 0.3) is 0 Å². The zero-order valence-corrected chi connectivity index (χ0v) is 15.7. The number of thiophene rings is 1. The Labute approximate surface area is 142 Å². The summed E-state index contributed by atoms with van der Waals surface area (Å²) in [6.07, 6.45) is 1.06. The molecule has 0 radical (unpaired) electrons. The van der Waals surface area contributed by atoms with Gasteiger partial charge in [-0.05, 0) is 45.4 Å². The Morgan fingerprint density at radius 3 is 2.45 bits per heavy atom. The first-order valence-electron chi connectivity index (χ1n) is 6.77. The van der Waals surface area contributed by atoms with Crippen LogP contribution in [0.15, 0.2) is 44.7 Å². The van der Waals surface area contributed by atoms with Crippen LogP contribution in [-0.2, 0) is 6.42 Å². The van der Waals surface area contributed by atoms with Gasteiger partial charge in [0.05, 0.1) is 0 Å². The maximum Gasteiger partial charge on any atom is 0.0314 e. The normalized spacial score (nSPS) is 12.8. The van der Waals surface area contributed by atoms with E-state index >= 15 is 0 Å². The van der Waals surface area contributed by atoms with Crippen molar-refractivity contribution in [1.29, 1.82) is 0 Å². The summed E-state index contributed by atoms with van der Waals surface area (Å²) in [4.78, 5) is 1.41. The molecule has 0 amide bonds. The van der Waals surface area contributed by atoms with Gasteiger partial charge >= 0.3 is 0 Å². The Balaban J connectivity index is 2.21. The van der Waals surface area contributed by atoms with Gasteiger partial charge in [-0.3, -0.25) is 0 Å². The fourth-order valence-corrected chi connectivity index (χ4v) is 4.38. The van der Waals surface area contributed by atoms with Crippen LogP contribution in [0.4, 0.5) is 0 Å². The molecule has 2 aromatic rings. The molecule has 1 unspecified atom stereocenters. The number of rotatable bonds is 6. The van der Waals surface area contributed by atoms with E-state index in [4.69, 9.17) is 0 Å². The van der Waals surface area contributed by atoms with Crippen LogP contribution in [0.25, 0.3) is 0 Å². The predicted molar refractivity (Wildman–Crippen MR) is 95.7 cm³/mol. The average molecular weight is 417 g/mol. The van der Waals surface area contributed by atoms with E-state index in [1.54, 1.807) is 0 Å². The van der Waals surface area contributed by atoms with Gasteiger partial charge in [-0.1, -0.05) is 48.0 Å². The lowest BCUT2D eigenvalue weighted by Crippen LogP contribution is -2.29. The number of halogens is 2. The third kappa shape index (κ3) is 4.42. The van der Waals surface area contributed by atoms with Gasteiger partial charge in [0.1, 0.15) is 0 Å². The maximum absolute atomic E-state index is 3.69. The van der Waals surface area contributed by atoms with E-state index in [9.17, 15) is 0 Å². The van der Waals surface area contributed by atoms with E-state index in [1.165, 1.54) is 19.4 Å². The monoisotopic (exact) mass is 415 g/mol. The van der Waals surface area contributed by atoms with Crippen LogP contribution in [0, 0.1) is 0 Å². The van der Waals surface area contributed by atoms with E-state index in [0.717, 1.165) is 13.0 Å². The lowest BCUT2D eigenvalue weighted by atomic mass is 9.94. The minimum atomic E-state index is 0.475. The van der Waals surface area contributed by atoms with Crippen LogP contribution in [-0.4, -0.2) is 12.6 Å². The van der Waals surface area contributed by atoms with Gasteiger partial charge < -0.3 is 5.32 Å². The minimum absolute atomic E-state index is 0.475. The molecule has 1 aromatic carbocycles. The predicted octanol–water partition coefficient (Wildman–Crippen LogP) is 5.60. The van der Waals surface area contributed by atoms with Crippen molar-refractivity contribution < 1.29 is 0 Å². The summed E-state index contributed by atoms with van der Waals surface area (Å²) in [7, 11) is 0. The second-order valence-corrected chi connectivity index (χ2v) is 7.89. The number of hydrogen-bond donors (Lipinski definition) is 1. The van der Waals surface area contributed by atoms with Crippen LogP contribution >= 0.6 is 43.2 Å².